The van der Waals surface area contributed by atoms with Gasteiger partial charge in [0.15, 0.2) is 6.61 Å². The standard InChI is InChI=1S/C20H24ClNO4/c1-25-17-3-2-15(9-16(17)21)22-18(23)10-26-20(24)19-13-5-11-4-12(7-13)8-14(19)6-11/h2-3,9,11-14,19H,4-8,10H2,1H3,(H,22,23). The Kier molecular flexibility index (Phi) is 4.82. The first-order valence-corrected chi connectivity index (χ1v) is 9.71. The number of nitrogens with one attached hydrogen (secondary N) is 1. The predicted molar refractivity (Wildman–Crippen MR) is 98.1 cm³/mol. The molecule has 1 N–H and O–H groups in total. The third-order valence-electron chi connectivity index (χ3n) is 6.28. The van der Waals surface area contributed by atoms with Crippen LogP contribution >= 0.6 is 11.6 Å². The Morgan fingerprint density at radius 2 is 1.77 bits per heavy atom. The summed E-state index contributed by atoms with van der Waals surface area (Å²) < 4.78 is 10.5. The van der Waals surface area contributed by atoms with Gasteiger partial charge in [-0.05, 0) is 74.0 Å². The zero-order chi connectivity index (χ0) is 18.3. The monoisotopic (exact) mass is 377 g/mol. The van der Waals surface area contributed by atoms with E-state index in [4.69, 9.17) is 21.1 Å². The second-order valence-electron chi connectivity index (χ2n) is 7.96. The Bertz CT molecular complexity index is 692. The van der Waals surface area contributed by atoms with E-state index >= 15 is 0 Å². The molecule has 4 saturated carbocycles. The number of carbonyl (C=O) groups excluding carboxylic acids is 2. The Balaban J connectivity index is 1.30. The van der Waals surface area contributed by atoms with Crippen LogP contribution in [0.15, 0.2) is 18.2 Å². The van der Waals surface area contributed by atoms with Crippen LogP contribution in [0.5, 0.6) is 5.75 Å². The van der Waals surface area contributed by atoms with E-state index in [1.165, 1.54) is 13.5 Å². The molecule has 0 heterocycles. The largest absolute Gasteiger partial charge is 0.495 e. The highest BCUT2D eigenvalue weighted by molar-refractivity contribution is 6.32. The molecule has 5 rings (SSSR count). The summed E-state index contributed by atoms with van der Waals surface area (Å²) in [5.41, 5.74) is 0.548. The lowest BCUT2D eigenvalue weighted by Gasteiger charge is -2.53. The van der Waals surface area contributed by atoms with Gasteiger partial charge in [-0.25, -0.2) is 0 Å². The highest BCUT2D eigenvalue weighted by atomic mass is 35.5. The number of esters is 1. The number of methoxy groups -OCH3 is 1. The summed E-state index contributed by atoms with van der Waals surface area (Å²) in [5, 5.41) is 3.11. The second kappa shape index (κ2) is 7.10. The van der Waals surface area contributed by atoms with Crippen molar-refractivity contribution in [2.75, 3.05) is 19.0 Å². The van der Waals surface area contributed by atoms with Gasteiger partial charge in [-0.15, -0.1) is 0 Å². The van der Waals surface area contributed by atoms with Gasteiger partial charge in [0.25, 0.3) is 5.91 Å². The third-order valence-corrected chi connectivity index (χ3v) is 6.58. The average Bonchev–Trinajstić information content (AvgIpc) is 2.59. The number of ether oxygens (including phenoxy) is 2. The predicted octanol–water partition coefficient (Wildman–Crippen LogP) is 3.90. The molecule has 1 amide bonds. The van der Waals surface area contributed by atoms with Gasteiger partial charge in [-0.1, -0.05) is 11.6 Å². The number of rotatable bonds is 5. The van der Waals surface area contributed by atoms with Gasteiger partial charge in [0, 0.05) is 5.69 Å². The molecule has 5 nitrogen and oxygen atoms in total. The number of carbonyl (C=O) groups is 2. The fourth-order valence-corrected chi connectivity index (χ4v) is 5.74. The molecule has 0 atom stereocenters. The van der Waals surface area contributed by atoms with Crippen molar-refractivity contribution in [3.8, 4) is 5.75 Å². The highest BCUT2D eigenvalue weighted by Crippen LogP contribution is 2.56. The lowest BCUT2D eigenvalue weighted by Crippen LogP contribution is -2.48. The number of hydrogen-bond donors (Lipinski definition) is 1. The Morgan fingerprint density at radius 1 is 1.12 bits per heavy atom. The van der Waals surface area contributed by atoms with Crippen LogP contribution in [0.25, 0.3) is 0 Å². The van der Waals surface area contributed by atoms with E-state index < -0.39 is 0 Å². The minimum absolute atomic E-state index is 0.00830. The first-order chi connectivity index (χ1) is 12.5. The Labute approximate surface area is 158 Å². The Hall–Kier alpha value is -1.75. The molecule has 26 heavy (non-hydrogen) atoms. The molecule has 4 fully saturated rings. The average molecular weight is 378 g/mol. The van der Waals surface area contributed by atoms with E-state index in [9.17, 15) is 9.59 Å². The van der Waals surface area contributed by atoms with Crippen molar-refractivity contribution in [3.05, 3.63) is 23.2 Å². The number of halogens is 1. The number of benzene rings is 1. The summed E-state index contributed by atoms with van der Waals surface area (Å²) in [5.74, 6) is 2.52. The molecular weight excluding hydrogens is 354 g/mol. The number of amides is 1. The molecule has 0 aliphatic heterocycles. The molecule has 0 aromatic heterocycles. The Morgan fingerprint density at radius 3 is 2.35 bits per heavy atom. The van der Waals surface area contributed by atoms with Crippen molar-refractivity contribution in [2.24, 2.45) is 29.6 Å². The van der Waals surface area contributed by atoms with Gasteiger partial charge in [0.05, 0.1) is 18.1 Å². The molecule has 140 valence electrons. The van der Waals surface area contributed by atoms with Crippen molar-refractivity contribution < 1.29 is 19.1 Å². The minimum atomic E-state index is -0.358. The van der Waals surface area contributed by atoms with E-state index in [-0.39, 0.29) is 24.4 Å². The second-order valence-corrected chi connectivity index (χ2v) is 8.37. The van der Waals surface area contributed by atoms with E-state index in [2.05, 4.69) is 5.32 Å². The van der Waals surface area contributed by atoms with Crippen molar-refractivity contribution in [1.29, 1.82) is 0 Å². The molecule has 4 bridgehead atoms. The maximum atomic E-state index is 12.6. The normalized spacial score (nSPS) is 31.5. The number of anilines is 1. The lowest BCUT2D eigenvalue weighted by molar-refractivity contribution is -0.164. The summed E-state index contributed by atoms with van der Waals surface area (Å²) >= 11 is 6.05. The first kappa shape index (κ1) is 17.7. The van der Waals surface area contributed by atoms with E-state index in [1.807, 2.05) is 0 Å². The summed E-state index contributed by atoms with van der Waals surface area (Å²) in [6, 6.07) is 4.98. The van der Waals surface area contributed by atoms with Crippen LogP contribution in [-0.4, -0.2) is 25.6 Å². The molecule has 0 radical (unpaired) electrons. The van der Waals surface area contributed by atoms with Crippen LogP contribution in [0.2, 0.25) is 5.02 Å². The summed E-state index contributed by atoms with van der Waals surface area (Å²) in [7, 11) is 1.53. The maximum absolute atomic E-state index is 12.6. The molecule has 0 saturated heterocycles. The molecule has 4 aliphatic rings. The van der Waals surface area contributed by atoms with Crippen molar-refractivity contribution in [1.82, 2.24) is 0 Å². The van der Waals surface area contributed by atoms with Gasteiger partial charge < -0.3 is 14.8 Å². The van der Waals surface area contributed by atoms with E-state index in [0.29, 0.717) is 28.3 Å². The zero-order valence-electron chi connectivity index (χ0n) is 14.9. The minimum Gasteiger partial charge on any atom is -0.495 e. The fraction of sp³-hybridized carbons (Fsp3) is 0.600. The fourth-order valence-electron chi connectivity index (χ4n) is 5.48. The summed E-state index contributed by atoms with van der Waals surface area (Å²) in [4.78, 5) is 24.7. The van der Waals surface area contributed by atoms with Gasteiger partial charge in [-0.3, -0.25) is 9.59 Å². The number of hydrogen-bond acceptors (Lipinski definition) is 4. The molecule has 6 heteroatoms. The quantitative estimate of drug-likeness (QED) is 0.790. The maximum Gasteiger partial charge on any atom is 0.310 e. The molecule has 1 aromatic rings. The van der Waals surface area contributed by atoms with Crippen LogP contribution in [0.4, 0.5) is 5.69 Å². The summed E-state index contributed by atoms with van der Waals surface area (Å²) in [6.45, 7) is -0.259. The van der Waals surface area contributed by atoms with Crippen LogP contribution in [-0.2, 0) is 14.3 Å². The summed E-state index contributed by atoms with van der Waals surface area (Å²) in [6.07, 6.45) is 5.97. The van der Waals surface area contributed by atoms with Crippen LogP contribution in [0, 0.1) is 29.6 Å². The third kappa shape index (κ3) is 3.41. The smallest absolute Gasteiger partial charge is 0.310 e. The van der Waals surface area contributed by atoms with Crippen molar-refractivity contribution in [3.63, 3.8) is 0 Å². The van der Waals surface area contributed by atoms with E-state index in [1.54, 1.807) is 18.2 Å². The molecule has 4 aliphatic carbocycles. The molecule has 0 spiro atoms. The van der Waals surface area contributed by atoms with Crippen LogP contribution in [0.1, 0.15) is 32.1 Å². The molecule has 0 unspecified atom stereocenters. The van der Waals surface area contributed by atoms with Crippen LogP contribution < -0.4 is 10.1 Å². The van der Waals surface area contributed by atoms with E-state index in [0.717, 1.165) is 37.5 Å². The van der Waals surface area contributed by atoms with Crippen LogP contribution in [0.3, 0.4) is 0 Å². The first-order valence-electron chi connectivity index (χ1n) is 9.33. The highest BCUT2D eigenvalue weighted by Gasteiger charge is 2.51. The van der Waals surface area contributed by atoms with Gasteiger partial charge in [-0.2, -0.15) is 0 Å². The van der Waals surface area contributed by atoms with Gasteiger partial charge in [0.2, 0.25) is 0 Å². The zero-order valence-corrected chi connectivity index (χ0v) is 15.6. The van der Waals surface area contributed by atoms with Gasteiger partial charge >= 0.3 is 5.97 Å². The van der Waals surface area contributed by atoms with Gasteiger partial charge in [0.1, 0.15) is 5.75 Å². The topological polar surface area (TPSA) is 64.6 Å². The molecule has 1 aromatic carbocycles. The molecular formula is C20H24ClNO4. The lowest BCUT2D eigenvalue weighted by atomic mass is 9.52. The SMILES string of the molecule is COc1ccc(NC(=O)COC(=O)C2C3CC4CC(C3)CC2C4)cc1Cl. The van der Waals surface area contributed by atoms with Crippen molar-refractivity contribution >= 4 is 29.2 Å². The van der Waals surface area contributed by atoms with Crippen molar-refractivity contribution in [2.45, 2.75) is 32.1 Å².